The Morgan fingerprint density at radius 1 is 0.909 bits per heavy atom. The van der Waals surface area contributed by atoms with Crippen molar-refractivity contribution >= 4 is 23.2 Å². The third-order valence-electron chi connectivity index (χ3n) is 2.97. The van der Waals surface area contributed by atoms with Crippen LogP contribution in [0.4, 0.5) is 11.4 Å². The highest BCUT2D eigenvalue weighted by molar-refractivity contribution is 6.35. The lowest BCUT2D eigenvalue weighted by atomic mass is 10.3. The van der Waals surface area contributed by atoms with Crippen LogP contribution in [0, 0.1) is 0 Å². The highest BCUT2D eigenvalue weighted by Crippen LogP contribution is 2.27. The number of rotatable bonds is 3. The molecule has 112 valence electrons. The number of carboxylic acid groups (broad SMARTS) is 1. The van der Waals surface area contributed by atoms with Crippen molar-refractivity contribution in [3.05, 3.63) is 48.5 Å². The van der Waals surface area contributed by atoms with Gasteiger partial charge in [-0.05, 0) is 48.5 Å². The lowest BCUT2D eigenvalue weighted by Crippen LogP contribution is -2.45. The zero-order valence-electron chi connectivity index (χ0n) is 11.2. The lowest BCUT2D eigenvalue weighted by Gasteiger charge is -2.27. The van der Waals surface area contributed by atoms with Gasteiger partial charge in [0, 0.05) is 0 Å². The molecule has 0 unspecified atom stereocenters. The van der Waals surface area contributed by atoms with Crippen molar-refractivity contribution in [3.8, 4) is 11.5 Å². The SMILES string of the molecule is O=C(O)C1=NN(c2ccc(O)cc2)N(c2ccc(O)cc2)N1. The van der Waals surface area contributed by atoms with Crippen LogP contribution in [0.3, 0.4) is 0 Å². The molecule has 0 aromatic heterocycles. The van der Waals surface area contributed by atoms with Gasteiger partial charge >= 0.3 is 5.97 Å². The minimum absolute atomic E-state index is 0.0922. The number of benzene rings is 2. The van der Waals surface area contributed by atoms with E-state index in [1.54, 1.807) is 24.3 Å². The van der Waals surface area contributed by atoms with Gasteiger partial charge in [-0.25, -0.2) is 4.79 Å². The predicted octanol–water partition coefficient (Wildman–Crippen LogP) is 1.24. The largest absolute Gasteiger partial charge is 0.508 e. The molecular weight excluding hydrogens is 288 g/mol. The predicted molar refractivity (Wildman–Crippen MR) is 79.4 cm³/mol. The molecule has 2 aromatic carbocycles. The molecule has 0 fully saturated rings. The molecule has 0 radical (unpaired) electrons. The number of nitrogens with one attached hydrogen (secondary N) is 1. The van der Waals surface area contributed by atoms with Crippen molar-refractivity contribution in [1.29, 1.82) is 0 Å². The van der Waals surface area contributed by atoms with Crippen molar-refractivity contribution < 1.29 is 20.1 Å². The minimum Gasteiger partial charge on any atom is -0.508 e. The molecule has 2 aromatic rings. The molecule has 1 aliphatic rings. The number of carbonyl (C=O) groups is 1. The van der Waals surface area contributed by atoms with E-state index in [0.29, 0.717) is 11.4 Å². The van der Waals surface area contributed by atoms with Gasteiger partial charge in [-0.2, -0.15) is 10.2 Å². The van der Waals surface area contributed by atoms with Crippen LogP contribution in [0.15, 0.2) is 53.6 Å². The normalized spacial score (nSPS) is 13.7. The standard InChI is InChI=1S/C14H12N4O4/c19-11-5-1-9(2-6-11)17-15-13(14(21)22)16-18(17)10-3-7-12(20)8-4-10/h1-8,19-20H,(H,15,16)(H,21,22). The van der Waals surface area contributed by atoms with Crippen LogP contribution < -0.4 is 15.7 Å². The number of aliphatic carboxylic acids is 1. The number of hydrazone groups is 1. The summed E-state index contributed by atoms with van der Waals surface area (Å²) >= 11 is 0. The summed E-state index contributed by atoms with van der Waals surface area (Å²) < 4.78 is 0. The fourth-order valence-electron chi connectivity index (χ4n) is 1.93. The molecule has 4 N–H and O–H groups in total. The molecule has 0 amide bonds. The van der Waals surface area contributed by atoms with E-state index in [9.17, 15) is 15.0 Å². The maximum atomic E-state index is 11.1. The molecule has 0 atom stereocenters. The number of aromatic hydroxyl groups is 2. The van der Waals surface area contributed by atoms with Gasteiger partial charge in [-0.3, -0.25) is 5.43 Å². The summed E-state index contributed by atoms with van der Waals surface area (Å²) in [5.74, 6) is -1.26. The van der Waals surface area contributed by atoms with E-state index in [1.807, 2.05) is 0 Å². The molecule has 1 heterocycles. The van der Waals surface area contributed by atoms with Crippen molar-refractivity contribution in [3.63, 3.8) is 0 Å². The Labute approximate surface area is 125 Å². The second-order valence-electron chi connectivity index (χ2n) is 4.50. The molecular formula is C14H12N4O4. The Morgan fingerprint density at radius 2 is 1.41 bits per heavy atom. The quantitative estimate of drug-likeness (QED) is 0.675. The van der Waals surface area contributed by atoms with Crippen LogP contribution in [-0.4, -0.2) is 27.1 Å². The molecule has 0 bridgehead atoms. The lowest BCUT2D eigenvalue weighted by molar-refractivity contribution is -0.129. The summed E-state index contributed by atoms with van der Waals surface area (Å²) in [7, 11) is 0. The van der Waals surface area contributed by atoms with Gasteiger partial charge < -0.3 is 15.3 Å². The summed E-state index contributed by atoms with van der Waals surface area (Å²) in [6.45, 7) is 0. The fourth-order valence-corrected chi connectivity index (χ4v) is 1.93. The van der Waals surface area contributed by atoms with Gasteiger partial charge in [-0.15, -0.1) is 5.10 Å². The molecule has 0 aliphatic carbocycles. The number of hydrogen-bond acceptors (Lipinski definition) is 7. The number of phenols is 2. The van der Waals surface area contributed by atoms with Crippen molar-refractivity contribution in [2.45, 2.75) is 0 Å². The van der Waals surface area contributed by atoms with E-state index in [4.69, 9.17) is 5.11 Å². The second kappa shape index (κ2) is 5.17. The first-order valence-corrected chi connectivity index (χ1v) is 6.31. The van der Waals surface area contributed by atoms with Crippen molar-refractivity contribution in [2.75, 3.05) is 10.2 Å². The van der Waals surface area contributed by atoms with Crippen LogP contribution >= 0.6 is 0 Å². The molecule has 0 spiro atoms. The Morgan fingerprint density at radius 3 is 1.91 bits per heavy atom. The van der Waals surface area contributed by atoms with E-state index < -0.39 is 5.97 Å². The summed E-state index contributed by atoms with van der Waals surface area (Å²) in [6, 6.07) is 12.3. The number of hydrogen-bond donors (Lipinski definition) is 4. The average molecular weight is 300 g/mol. The van der Waals surface area contributed by atoms with Gasteiger partial charge in [0.15, 0.2) is 0 Å². The summed E-state index contributed by atoms with van der Waals surface area (Å²) in [5.41, 5.74) is 3.78. The highest BCUT2D eigenvalue weighted by atomic mass is 16.4. The topological polar surface area (TPSA) is 109 Å². The molecule has 0 saturated carbocycles. The maximum Gasteiger partial charge on any atom is 0.375 e. The van der Waals surface area contributed by atoms with Crippen molar-refractivity contribution in [1.82, 2.24) is 5.43 Å². The smallest absolute Gasteiger partial charge is 0.375 e. The molecule has 8 heteroatoms. The third-order valence-corrected chi connectivity index (χ3v) is 2.97. The van der Waals surface area contributed by atoms with E-state index >= 15 is 0 Å². The first kappa shape index (κ1) is 13.6. The first-order chi connectivity index (χ1) is 10.5. The van der Waals surface area contributed by atoms with Crippen LogP contribution in [0.25, 0.3) is 0 Å². The highest BCUT2D eigenvalue weighted by Gasteiger charge is 2.29. The van der Waals surface area contributed by atoms with E-state index in [-0.39, 0.29) is 17.3 Å². The summed E-state index contributed by atoms with van der Waals surface area (Å²) in [5, 5.41) is 34.5. The molecule has 0 saturated heterocycles. The summed E-state index contributed by atoms with van der Waals surface area (Å²) in [4.78, 5) is 11.1. The fraction of sp³-hybridized carbons (Fsp3) is 0. The van der Waals surface area contributed by atoms with E-state index in [2.05, 4.69) is 10.5 Å². The molecule has 1 aliphatic heterocycles. The Balaban J connectivity index is 1.99. The van der Waals surface area contributed by atoms with Gasteiger partial charge in [-0.1, -0.05) is 0 Å². The maximum absolute atomic E-state index is 11.1. The Bertz CT molecular complexity index is 728. The van der Waals surface area contributed by atoms with Crippen molar-refractivity contribution in [2.24, 2.45) is 5.10 Å². The van der Waals surface area contributed by atoms with Crippen LogP contribution in [0.1, 0.15) is 0 Å². The zero-order valence-corrected chi connectivity index (χ0v) is 11.2. The number of anilines is 2. The number of phenolic OH excluding ortho intramolecular Hbond substituents is 2. The number of hydrazine groups is 2. The van der Waals surface area contributed by atoms with Crippen LogP contribution in [0.5, 0.6) is 11.5 Å². The Hall–Kier alpha value is -3.42. The van der Waals surface area contributed by atoms with Crippen LogP contribution in [-0.2, 0) is 4.79 Å². The van der Waals surface area contributed by atoms with Crippen LogP contribution in [0.2, 0.25) is 0 Å². The number of carboxylic acids is 1. The third kappa shape index (κ3) is 2.44. The molecule has 3 rings (SSSR count). The van der Waals surface area contributed by atoms with E-state index in [1.165, 1.54) is 34.5 Å². The molecule has 22 heavy (non-hydrogen) atoms. The van der Waals surface area contributed by atoms with Gasteiger partial charge in [0.1, 0.15) is 11.5 Å². The monoisotopic (exact) mass is 300 g/mol. The Kier molecular flexibility index (Phi) is 3.18. The second-order valence-corrected chi connectivity index (χ2v) is 4.50. The van der Waals surface area contributed by atoms with Gasteiger partial charge in [0.05, 0.1) is 11.4 Å². The van der Waals surface area contributed by atoms with Gasteiger partial charge in [0.2, 0.25) is 0 Å². The van der Waals surface area contributed by atoms with E-state index in [0.717, 1.165) is 0 Å². The minimum atomic E-state index is -1.20. The zero-order chi connectivity index (χ0) is 15.7. The number of nitrogens with zero attached hydrogens (tertiary/aromatic N) is 3. The first-order valence-electron chi connectivity index (χ1n) is 6.31. The van der Waals surface area contributed by atoms with Gasteiger partial charge in [0.25, 0.3) is 5.84 Å². The average Bonchev–Trinajstić information content (AvgIpc) is 2.94. The number of amidine groups is 1. The molecule has 8 nitrogen and oxygen atoms in total. The summed E-state index contributed by atoms with van der Waals surface area (Å²) in [6.07, 6.45) is 0.